The van der Waals surface area contributed by atoms with Crippen LogP contribution in [0.1, 0.15) is 36.6 Å². The van der Waals surface area contributed by atoms with Crippen molar-refractivity contribution in [2.45, 2.75) is 26.5 Å². The molecule has 0 fully saturated rings. The van der Waals surface area contributed by atoms with Crippen LogP contribution in [0.3, 0.4) is 0 Å². The third kappa shape index (κ3) is 5.66. The average Bonchev–Trinajstić information content (AvgIpc) is 3.26. The third-order valence-electron chi connectivity index (χ3n) is 6.43. The minimum absolute atomic E-state index is 0.222. The summed E-state index contributed by atoms with van der Waals surface area (Å²) >= 11 is 4.74. The lowest BCUT2D eigenvalue weighted by molar-refractivity contribution is -0.139. The van der Waals surface area contributed by atoms with Crippen LogP contribution < -0.4 is 24.4 Å². The Labute approximate surface area is 243 Å². The quantitative estimate of drug-likeness (QED) is 0.255. The molecule has 7 nitrogen and oxygen atoms in total. The fourth-order valence-corrected chi connectivity index (χ4v) is 5.84. The SMILES string of the molecule is CCOC(=O)C1=C(C)N=c2s/c(=C\c3ccc(OCc4ccccc4)c(OC)c3)c(=O)n2[C@@H]1c1ccc(Br)cc1. The zero-order valence-electron chi connectivity index (χ0n) is 22.2. The zero-order chi connectivity index (χ0) is 28.2. The fraction of sp³-hybridized carbons (Fsp3) is 0.194. The third-order valence-corrected chi connectivity index (χ3v) is 7.94. The van der Waals surface area contributed by atoms with Crippen LogP contribution in [0.2, 0.25) is 0 Å². The molecular formula is C31H27BrN2O5S. The van der Waals surface area contributed by atoms with Crippen molar-refractivity contribution in [1.82, 2.24) is 4.57 Å². The van der Waals surface area contributed by atoms with Gasteiger partial charge in [-0.05, 0) is 60.9 Å². The predicted octanol–water partition coefficient (Wildman–Crippen LogP) is 5.15. The lowest BCUT2D eigenvalue weighted by Crippen LogP contribution is -2.39. The van der Waals surface area contributed by atoms with Crippen molar-refractivity contribution in [2.24, 2.45) is 4.99 Å². The van der Waals surface area contributed by atoms with Crippen LogP contribution >= 0.6 is 27.3 Å². The van der Waals surface area contributed by atoms with E-state index in [1.807, 2.05) is 72.8 Å². The molecule has 1 atom stereocenters. The number of esters is 1. The number of thiazole rings is 1. The van der Waals surface area contributed by atoms with Gasteiger partial charge in [-0.2, -0.15) is 0 Å². The Morgan fingerprint density at radius 2 is 1.82 bits per heavy atom. The number of methoxy groups -OCH3 is 1. The Bertz CT molecular complexity index is 1760. The van der Waals surface area contributed by atoms with E-state index in [0.29, 0.717) is 38.7 Å². The molecule has 1 aromatic heterocycles. The number of carbonyl (C=O) groups excluding carboxylic acids is 1. The number of aromatic nitrogens is 1. The number of ether oxygens (including phenoxy) is 3. The van der Waals surface area contributed by atoms with E-state index in [0.717, 1.165) is 21.2 Å². The summed E-state index contributed by atoms with van der Waals surface area (Å²) in [4.78, 5) is 32.0. The van der Waals surface area contributed by atoms with Crippen molar-refractivity contribution in [1.29, 1.82) is 0 Å². The van der Waals surface area contributed by atoms with Gasteiger partial charge in [-0.15, -0.1) is 0 Å². The van der Waals surface area contributed by atoms with Crippen LogP contribution in [0.15, 0.2) is 98.3 Å². The zero-order valence-corrected chi connectivity index (χ0v) is 24.6. The van der Waals surface area contributed by atoms with Gasteiger partial charge in [-0.25, -0.2) is 9.79 Å². The lowest BCUT2D eigenvalue weighted by Gasteiger charge is -2.24. The van der Waals surface area contributed by atoms with E-state index < -0.39 is 12.0 Å². The van der Waals surface area contributed by atoms with Gasteiger partial charge >= 0.3 is 5.97 Å². The number of nitrogens with zero attached hydrogens (tertiary/aromatic N) is 2. The van der Waals surface area contributed by atoms with Crippen LogP contribution in [0.5, 0.6) is 11.5 Å². The van der Waals surface area contributed by atoms with Gasteiger partial charge in [0.05, 0.1) is 35.6 Å². The Morgan fingerprint density at radius 3 is 2.52 bits per heavy atom. The summed E-state index contributed by atoms with van der Waals surface area (Å²) in [6.07, 6.45) is 1.80. The summed E-state index contributed by atoms with van der Waals surface area (Å²) in [7, 11) is 1.58. The van der Waals surface area contributed by atoms with E-state index in [4.69, 9.17) is 14.2 Å². The number of hydrogen-bond acceptors (Lipinski definition) is 7. The molecule has 1 aliphatic rings. The molecule has 0 unspecified atom stereocenters. The molecule has 40 heavy (non-hydrogen) atoms. The minimum atomic E-state index is -0.658. The molecule has 9 heteroatoms. The molecule has 4 aromatic rings. The normalized spacial score (nSPS) is 14.9. The molecule has 0 saturated carbocycles. The highest BCUT2D eigenvalue weighted by Crippen LogP contribution is 2.32. The summed E-state index contributed by atoms with van der Waals surface area (Å²) < 4.78 is 19.9. The molecule has 204 valence electrons. The summed E-state index contributed by atoms with van der Waals surface area (Å²) in [6, 6.07) is 22.3. The Hall–Kier alpha value is -3.95. The molecule has 0 N–H and O–H groups in total. The number of allylic oxidation sites excluding steroid dienone is 1. The number of fused-ring (bicyclic) bond motifs is 1. The van der Waals surface area contributed by atoms with E-state index in [1.54, 1.807) is 31.6 Å². The van der Waals surface area contributed by atoms with Gasteiger partial charge in [0.25, 0.3) is 5.56 Å². The fourth-order valence-electron chi connectivity index (χ4n) is 4.53. The molecule has 0 saturated heterocycles. The first-order valence-electron chi connectivity index (χ1n) is 12.7. The van der Waals surface area contributed by atoms with Crippen LogP contribution in [0, 0.1) is 0 Å². The first-order chi connectivity index (χ1) is 19.4. The largest absolute Gasteiger partial charge is 0.493 e. The van der Waals surface area contributed by atoms with Crippen molar-refractivity contribution >= 4 is 39.3 Å². The molecule has 0 radical (unpaired) electrons. The second-order valence-electron chi connectivity index (χ2n) is 9.04. The average molecular weight is 620 g/mol. The maximum absolute atomic E-state index is 13.8. The number of carbonyl (C=O) groups is 1. The highest BCUT2D eigenvalue weighted by Gasteiger charge is 2.33. The van der Waals surface area contributed by atoms with Crippen LogP contribution in [-0.4, -0.2) is 24.3 Å². The highest BCUT2D eigenvalue weighted by molar-refractivity contribution is 9.10. The van der Waals surface area contributed by atoms with Crippen LogP contribution in [-0.2, 0) is 16.1 Å². The Morgan fingerprint density at radius 1 is 1.07 bits per heavy atom. The number of hydrogen-bond donors (Lipinski definition) is 0. The smallest absolute Gasteiger partial charge is 0.338 e. The summed E-state index contributed by atoms with van der Waals surface area (Å²) in [6.45, 7) is 4.16. The topological polar surface area (TPSA) is 79.1 Å². The van der Waals surface area contributed by atoms with E-state index >= 15 is 0 Å². The molecule has 0 aliphatic carbocycles. The maximum atomic E-state index is 13.8. The van der Waals surface area contributed by atoms with Crippen LogP contribution in [0.25, 0.3) is 6.08 Å². The first-order valence-corrected chi connectivity index (χ1v) is 14.3. The van der Waals surface area contributed by atoms with E-state index in [-0.39, 0.29) is 12.2 Å². The summed E-state index contributed by atoms with van der Waals surface area (Å²) in [5, 5.41) is 0. The van der Waals surface area contributed by atoms with Gasteiger partial charge in [0, 0.05) is 4.47 Å². The first kappa shape index (κ1) is 27.6. The Kier molecular flexibility index (Phi) is 8.32. The minimum Gasteiger partial charge on any atom is -0.493 e. The molecule has 0 spiro atoms. The lowest BCUT2D eigenvalue weighted by atomic mass is 9.96. The molecule has 1 aliphatic heterocycles. The molecule has 5 rings (SSSR count). The maximum Gasteiger partial charge on any atom is 0.338 e. The van der Waals surface area contributed by atoms with Gasteiger partial charge < -0.3 is 14.2 Å². The second kappa shape index (κ2) is 12.1. The van der Waals surface area contributed by atoms with Gasteiger partial charge in [-0.3, -0.25) is 9.36 Å². The van der Waals surface area contributed by atoms with Crippen molar-refractivity contribution in [3.63, 3.8) is 0 Å². The van der Waals surface area contributed by atoms with Crippen molar-refractivity contribution in [3.8, 4) is 11.5 Å². The van der Waals surface area contributed by atoms with Crippen LogP contribution in [0.4, 0.5) is 0 Å². The number of rotatable bonds is 8. The van der Waals surface area contributed by atoms with E-state index in [1.165, 1.54) is 11.3 Å². The summed E-state index contributed by atoms with van der Waals surface area (Å²) in [5.74, 6) is 0.683. The number of halogens is 1. The van der Waals surface area contributed by atoms with Gasteiger partial charge in [-0.1, -0.05) is 75.8 Å². The van der Waals surface area contributed by atoms with Crippen molar-refractivity contribution in [2.75, 3.05) is 13.7 Å². The van der Waals surface area contributed by atoms with Gasteiger partial charge in [0.15, 0.2) is 16.3 Å². The molecule has 2 heterocycles. The summed E-state index contributed by atoms with van der Waals surface area (Å²) in [5.41, 5.74) is 3.25. The highest BCUT2D eigenvalue weighted by atomic mass is 79.9. The van der Waals surface area contributed by atoms with E-state index in [2.05, 4.69) is 20.9 Å². The van der Waals surface area contributed by atoms with Gasteiger partial charge in [0.1, 0.15) is 6.61 Å². The predicted molar refractivity (Wildman–Crippen MR) is 158 cm³/mol. The van der Waals surface area contributed by atoms with Gasteiger partial charge in [0.2, 0.25) is 0 Å². The van der Waals surface area contributed by atoms with Crippen molar-refractivity contribution in [3.05, 3.63) is 125 Å². The standard InChI is InChI=1S/C31H27BrN2O5S/c1-4-38-30(36)27-19(2)33-31-34(28(27)22-11-13-23(32)14-12-22)29(35)26(40-31)17-21-10-15-24(25(16-21)37-3)39-18-20-8-6-5-7-9-20/h5-17,28H,4,18H2,1-3H3/b26-17-/t28-/m1/s1. The van der Waals surface area contributed by atoms with E-state index in [9.17, 15) is 9.59 Å². The molecule has 0 amide bonds. The second-order valence-corrected chi connectivity index (χ2v) is 11.0. The molecule has 0 bridgehead atoms. The number of benzene rings is 3. The molecule has 3 aromatic carbocycles. The monoisotopic (exact) mass is 618 g/mol. The van der Waals surface area contributed by atoms with Crippen molar-refractivity contribution < 1.29 is 19.0 Å². The molecular weight excluding hydrogens is 592 g/mol. The Balaban J connectivity index is 1.55.